The standard InChI is InChI=1S/C21H27N3O4S/c1-16-7-8-20(13-17(16)2)29(26,27)22-15-21(25)24-11-9-23(10-12-24)18-5-4-6-19(14-18)28-3/h4-8,13-14,22H,9-12,15H2,1-3H3. The number of ether oxygens (including phenoxy) is 1. The molecule has 1 N–H and O–H groups in total. The molecule has 0 spiro atoms. The van der Waals surface area contributed by atoms with Crippen molar-refractivity contribution in [3.8, 4) is 5.75 Å². The van der Waals surface area contributed by atoms with Crippen LogP contribution in [0.25, 0.3) is 0 Å². The van der Waals surface area contributed by atoms with Crippen molar-refractivity contribution in [3.63, 3.8) is 0 Å². The predicted octanol–water partition coefficient (Wildman–Crippen LogP) is 1.94. The van der Waals surface area contributed by atoms with Crippen molar-refractivity contribution in [1.29, 1.82) is 0 Å². The fraction of sp³-hybridized carbons (Fsp3) is 0.381. The third kappa shape index (κ3) is 5.07. The molecule has 1 saturated heterocycles. The third-order valence-corrected chi connectivity index (χ3v) is 6.65. The zero-order valence-corrected chi connectivity index (χ0v) is 17.8. The molecule has 1 amide bonds. The number of nitrogens with one attached hydrogen (secondary N) is 1. The van der Waals surface area contributed by atoms with E-state index in [0.717, 1.165) is 22.6 Å². The van der Waals surface area contributed by atoms with Crippen LogP contribution in [0.2, 0.25) is 0 Å². The second-order valence-corrected chi connectivity index (χ2v) is 8.91. The van der Waals surface area contributed by atoms with Gasteiger partial charge in [-0.25, -0.2) is 13.1 Å². The Hall–Kier alpha value is -2.58. The van der Waals surface area contributed by atoms with Crippen LogP contribution in [0.4, 0.5) is 5.69 Å². The Bertz CT molecular complexity index is 983. The van der Waals surface area contributed by atoms with Gasteiger partial charge in [-0.2, -0.15) is 0 Å². The van der Waals surface area contributed by atoms with Gasteiger partial charge < -0.3 is 14.5 Å². The summed E-state index contributed by atoms with van der Waals surface area (Å²) in [4.78, 5) is 16.6. The third-order valence-electron chi connectivity index (χ3n) is 5.25. The number of carbonyl (C=O) groups is 1. The minimum absolute atomic E-state index is 0.177. The Morgan fingerprint density at radius 3 is 2.41 bits per heavy atom. The smallest absolute Gasteiger partial charge is 0.241 e. The summed E-state index contributed by atoms with van der Waals surface area (Å²) in [6.45, 7) is 6.00. The average molecular weight is 418 g/mol. The van der Waals surface area contributed by atoms with Gasteiger partial charge in [-0.05, 0) is 49.2 Å². The molecule has 0 unspecified atom stereocenters. The molecule has 0 atom stereocenters. The molecule has 1 aliphatic rings. The van der Waals surface area contributed by atoms with E-state index in [2.05, 4.69) is 9.62 Å². The van der Waals surface area contributed by atoms with E-state index in [1.807, 2.05) is 38.1 Å². The van der Waals surface area contributed by atoms with E-state index in [9.17, 15) is 13.2 Å². The van der Waals surface area contributed by atoms with E-state index >= 15 is 0 Å². The summed E-state index contributed by atoms with van der Waals surface area (Å²) in [5, 5.41) is 0. The summed E-state index contributed by atoms with van der Waals surface area (Å²) < 4.78 is 32.6. The van der Waals surface area contributed by atoms with E-state index in [-0.39, 0.29) is 17.3 Å². The first-order chi connectivity index (χ1) is 13.8. The number of amides is 1. The number of benzene rings is 2. The van der Waals surface area contributed by atoms with Crippen LogP contribution in [0.3, 0.4) is 0 Å². The van der Waals surface area contributed by atoms with Crippen molar-refractivity contribution in [2.45, 2.75) is 18.7 Å². The Morgan fingerprint density at radius 1 is 1.03 bits per heavy atom. The Labute approximate surface area is 172 Å². The number of aryl methyl sites for hydroxylation is 2. The van der Waals surface area contributed by atoms with Gasteiger partial charge in [0.25, 0.3) is 0 Å². The predicted molar refractivity (Wildman–Crippen MR) is 113 cm³/mol. The van der Waals surface area contributed by atoms with Crippen LogP contribution >= 0.6 is 0 Å². The SMILES string of the molecule is COc1cccc(N2CCN(C(=O)CNS(=O)(=O)c3ccc(C)c(C)c3)CC2)c1. The van der Waals surface area contributed by atoms with Gasteiger partial charge in [0.1, 0.15) is 5.75 Å². The molecule has 3 rings (SSSR count). The highest BCUT2D eigenvalue weighted by atomic mass is 32.2. The minimum atomic E-state index is -3.72. The number of sulfonamides is 1. The van der Waals surface area contributed by atoms with Gasteiger partial charge in [0.15, 0.2) is 0 Å². The molecule has 0 saturated carbocycles. The van der Waals surface area contributed by atoms with Crippen LogP contribution in [-0.4, -0.2) is 59.1 Å². The van der Waals surface area contributed by atoms with Crippen molar-refractivity contribution in [2.75, 3.05) is 44.7 Å². The molecule has 156 valence electrons. The van der Waals surface area contributed by atoms with Crippen LogP contribution in [0.5, 0.6) is 5.75 Å². The van der Waals surface area contributed by atoms with Crippen molar-refractivity contribution in [3.05, 3.63) is 53.6 Å². The number of nitrogens with zero attached hydrogens (tertiary/aromatic N) is 2. The number of hydrogen-bond donors (Lipinski definition) is 1. The van der Waals surface area contributed by atoms with Gasteiger partial charge in [0.05, 0.1) is 18.6 Å². The quantitative estimate of drug-likeness (QED) is 0.777. The molecular weight excluding hydrogens is 390 g/mol. The summed E-state index contributed by atoms with van der Waals surface area (Å²) >= 11 is 0. The number of piperazine rings is 1. The lowest BCUT2D eigenvalue weighted by atomic mass is 10.1. The second kappa shape index (κ2) is 8.84. The first-order valence-corrected chi connectivity index (χ1v) is 11.0. The highest BCUT2D eigenvalue weighted by molar-refractivity contribution is 7.89. The van der Waals surface area contributed by atoms with Gasteiger partial charge >= 0.3 is 0 Å². The maximum atomic E-state index is 12.5. The molecule has 0 radical (unpaired) electrons. The molecule has 1 aliphatic heterocycles. The maximum absolute atomic E-state index is 12.5. The fourth-order valence-corrected chi connectivity index (χ4v) is 4.31. The molecule has 0 aliphatic carbocycles. The topological polar surface area (TPSA) is 79.0 Å². The van der Waals surface area contributed by atoms with Gasteiger partial charge in [0.2, 0.25) is 15.9 Å². The summed E-state index contributed by atoms with van der Waals surface area (Å²) in [6.07, 6.45) is 0. The lowest BCUT2D eigenvalue weighted by Crippen LogP contribution is -2.51. The molecule has 1 heterocycles. The molecule has 0 bridgehead atoms. The van der Waals surface area contributed by atoms with Crippen molar-refractivity contribution >= 4 is 21.6 Å². The summed E-state index contributed by atoms with van der Waals surface area (Å²) in [5.41, 5.74) is 2.97. The molecular formula is C21H27N3O4S. The zero-order valence-electron chi connectivity index (χ0n) is 17.0. The molecule has 1 fully saturated rings. The van der Waals surface area contributed by atoms with Crippen molar-refractivity contribution < 1.29 is 17.9 Å². The zero-order chi connectivity index (χ0) is 21.0. The van der Waals surface area contributed by atoms with Crippen LogP contribution in [0.1, 0.15) is 11.1 Å². The number of anilines is 1. The number of hydrogen-bond acceptors (Lipinski definition) is 5. The largest absolute Gasteiger partial charge is 0.497 e. The monoisotopic (exact) mass is 417 g/mol. The Balaban J connectivity index is 1.55. The van der Waals surface area contributed by atoms with Crippen molar-refractivity contribution in [2.24, 2.45) is 0 Å². The molecule has 0 aromatic heterocycles. The van der Waals surface area contributed by atoms with Crippen LogP contribution in [0.15, 0.2) is 47.4 Å². The molecule has 29 heavy (non-hydrogen) atoms. The van der Waals surface area contributed by atoms with E-state index in [0.29, 0.717) is 26.2 Å². The highest BCUT2D eigenvalue weighted by Crippen LogP contribution is 2.22. The maximum Gasteiger partial charge on any atom is 0.241 e. The van der Waals surface area contributed by atoms with E-state index in [4.69, 9.17) is 4.74 Å². The minimum Gasteiger partial charge on any atom is -0.497 e. The Kier molecular flexibility index (Phi) is 6.44. The number of methoxy groups -OCH3 is 1. The van der Waals surface area contributed by atoms with Crippen molar-refractivity contribution in [1.82, 2.24) is 9.62 Å². The van der Waals surface area contributed by atoms with Crippen LogP contribution in [0, 0.1) is 13.8 Å². The first-order valence-electron chi connectivity index (χ1n) is 9.54. The first kappa shape index (κ1) is 21.1. The fourth-order valence-electron chi connectivity index (χ4n) is 3.25. The van der Waals surface area contributed by atoms with Gasteiger partial charge in [-0.15, -0.1) is 0 Å². The van der Waals surface area contributed by atoms with Gasteiger partial charge in [0, 0.05) is 37.9 Å². The molecule has 2 aromatic rings. The normalized spacial score (nSPS) is 14.7. The summed E-state index contributed by atoms with van der Waals surface area (Å²) in [7, 11) is -2.08. The lowest BCUT2D eigenvalue weighted by Gasteiger charge is -2.36. The highest BCUT2D eigenvalue weighted by Gasteiger charge is 2.23. The van der Waals surface area contributed by atoms with Crippen LogP contribution in [-0.2, 0) is 14.8 Å². The summed E-state index contributed by atoms with van der Waals surface area (Å²) in [6, 6.07) is 12.8. The van der Waals surface area contributed by atoms with E-state index in [1.54, 1.807) is 30.2 Å². The number of carbonyl (C=O) groups excluding carboxylic acids is 1. The van der Waals surface area contributed by atoms with Gasteiger partial charge in [-0.3, -0.25) is 4.79 Å². The molecule has 2 aromatic carbocycles. The Morgan fingerprint density at radius 2 is 1.76 bits per heavy atom. The number of rotatable bonds is 6. The molecule has 7 nitrogen and oxygen atoms in total. The summed E-state index contributed by atoms with van der Waals surface area (Å²) in [5.74, 6) is 0.574. The lowest BCUT2D eigenvalue weighted by molar-refractivity contribution is -0.130. The van der Waals surface area contributed by atoms with Crippen LogP contribution < -0.4 is 14.4 Å². The van der Waals surface area contributed by atoms with E-state index < -0.39 is 10.0 Å². The molecule has 8 heteroatoms. The van der Waals surface area contributed by atoms with E-state index in [1.165, 1.54) is 0 Å². The van der Waals surface area contributed by atoms with Gasteiger partial charge in [-0.1, -0.05) is 12.1 Å². The average Bonchev–Trinajstić information content (AvgIpc) is 2.74. The second-order valence-electron chi connectivity index (χ2n) is 7.14.